The Bertz CT molecular complexity index is 428. The molecule has 1 aliphatic rings. The maximum absolute atomic E-state index is 11.8. The van der Waals surface area contributed by atoms with Crippen molar-refractivity contribution in [3.63, 3.8) is 0 Å². The summed E-state index contributed by atoms with van der Waals surface area (Å²) in [6, 6.07) is 7.82. The van der Waals surface area contributed by atoms with Crippen molar-refractivity contribution in [1.82, 2.24) is 4.90 Å². The van der Waals surface area contributed by atoms with E-state index in [1.165, 1.54) is 19.3 Å². The van der Waals surface area contributed by atoms with Crippen molar-refractivity contribution in [3.8, 4) is 0 Å². The maximum Gasteiger partial charge on any atom is 0.411 e. The highest BCUT2D eigenvalue weighted by Crippen LogP contribution is 2.15. The smallest absolute Gasteiger partial charge is 0.411 e. The molecule has 0 aromatic heterocycles. The van der Waals surface area contributed by atoms with Crippen LogP contribution in [0.25, 0.3) is 0 Å². The Labute approximate surface area is 121 Å². The number of carbonyl (C=O) groups excluding carboxylic acids is 1. The summed E-state index contributed by atoms with van der Waals surface area (Å²) in [7, 11) is 0. The highest BCUT2D eigenvalue weighted by Gasteiger charge is 2.11. The Kier molecular flexibility index (Phi) is 5.87. The number of hydrogen-bond acceptors (Lipinski definition) is 3. The first-order chi connectivity index (χ1) is 9.79. The molecule has 0 aliphatic carbocycles. The Morgan fingerprint density at radius 3 is 2.75 bits per heavy atom. The molecule has 110 valence electrons. The number of anilines is 1. The fourth-order valence-corrected chi connectivity index (χ4v) is 2.55. The van der Waals surface area contributed by atoms with Gasteiger partial charge in [0.05, 0.1) is 0 Å². The lowest BCUT2D eigenvalue weighted by Crippen LogP contribution is -2.33. The second-order valence-corrected chi connectivity index (χ2v) is 5.17. The molecule has 0 radical (unpaired) electrons. The number of hydrogen-bond donors (Lipinski definition) is 1. The van der Waals surface area contributed by atoms with Gasteiger partial charge < -0.3 is 4.74 Å². The van der Waals surface area contributed by atoms with Crippen LogP contribution in [-0.4, -0.2) is 37.2 Å². The standard InChI is InChI=1S/C16H24N2O2/c1-2-14-8-4-5-9-15(14)17-16(19)20-13-12-18-10-6-3-7-11-18/h4-5,8-9H,2-3,6-7,10-13H2,1H3,(H,17,19). The number of nitrogens with one attached hydrogen (secondary N) is 1. The predicted octanol–water partition coefficient (Wildman–Crippen LogP) is 3.28. The monoisotopic (exact) mass is 276 g/mol. The van der Waals surface area contributed by atoms with Gasteiger partial charge in [0, 0.05) is 12.2 Å². The van der Waals surface area contributed by atoms with E-state index in [0.717, 1.165) is 37.3 Å². The number of ether oxygens (including phenoxy) is 1. The van der Waals surface area contributed by atoms with E-state index in [4.69, 9.17) is 4.74 Å². The zero-order chi connectivity index (χ0) is 14.2. The maximum atomic E-state index is 11.8. The van der Waals surface area contributed by atoms with Gasteiger partial charge in [0.15, 0.2) is 0 Å². The third-order valence-corrected chi connectivity index (χ3v) is 3.72. The van der Waals surface area contributed by atoms with Crippen molar-refractivity contribution in [3.05, 3.63) is 29.8 Å². The Morgan fingerprint density at radius 2 is 2.00 bits per heavy atom. The molecule has 1 aromatic rings. The van der Waals surface area contributed by atoms with E-state index in [1.54, 1.807) is 0 Å². The lowest BCUT2D eigenvalue weighted by atomic mass is 10.1. The summed E-state index contributed by atoms with van der Waals surface area (Å²) in [5, 5.41) is 2.82. The van der Waals surface area contributed by atoms with Gasteiger partial charge >= 0.3 is 6.09 Å². The molecular formula is C16H24N2O2. The lowest BCUT2D eigenvalue weighted by molar-refractivity contribution is 0.131. The van der Waals surface area contributed by atoms with Gasteiger partial charge in [-0.2, -0.15) is 0 Å². The van der Waals surface area contributed by atoms with Gasteiger partial charge in [-0.05, 0) is 44.0 Å². The molecule has 1 heterocycles. The second kappa shape index (κ2) is 7.90. The quantitative estimate of drug-likeness (QED) is 0.897. The summed E-state index contributed by atoms with van der Waals surface area (Å²) in [6.45, 7) is 5.62. The fraction of sp³-hybridized carbons (Fsp3) is 0.562. The minimum atomic E-state index is -0.358. The van der Waals surface area contributed by atoms with Crippen LogP contribution in [0, 0.1) is 0 Å². The topological polar surface area (TPSA) is 41.6 Å². The molecule has 1 fully saturated rings. The zero-order valence-corrected chi connectivity index (χ0v) is 12.2. The number of aryl methyl sites for hydroxylation is 1. The summed E-state index contributed by atoms with van der Waals surface area (Å²) in [4.78, 5) is 14.1. The predicted molar refractivity (Wildman–Crippen MR) is 81.1 cm³/mol. The van der Waals surface area contributed by atoms with Crippen LogP contribution in [0.15, 0.2) is 24.3 Å². The van der Waals surface area contributed by atoms with Crippen molar-refractivity contribution in [1.29, 1.82) is 0 Å². The van der Waals surface area contributed by atoms with Gasteiger partial charge in [-0.3, -0.25) is 10.2 Å². The summed E-state index contributed by atoms with van der Waals surface area (Å²) < 4.78 is 5.26. The minimum absolute atomic E-state index is 0.358. The van der Waals surface area contributed by atoms with E-state index < -0.39 is 0 Å². The molecule has 0 atom stereocenters. The number of amides is 1. The van der Waals surface area contributed by atoms with Gasteiger partial charge in [-0.25, -0.2) is 4.79 Å². The van der Waals surface area contributed by atoms with Crippen LogP contribution in [-0.2, 0) is 11.2 Å². The molecule has 4 nitrogen and oxygen atoms in total. The molecule has 0 saturated carbocycles. The largest absolute Gasteiger partial charge is 0.448 e. The van der Waals surface area contributed by atoms with Crippen molar-refractivity contribution in [2.45, 2.75) is 32.6 Å². The molecule has 1 aliphatic heterocycles. The van der Waals surface area contributed by atoms with E-state index in [2.05, 4.69) is 17.1 Å². The van der Waals surface area contributed by atoms with Crippen LogP contribution >= 0.6 is 0 Å². The summed E-state index contributed by atoms with van der Waals surface area (Å²) in [5.41, 5.74) is 1.97. The lowest BCUT2D eigenvalue weighted by Gasteiger charge is -2.25. The second-order valence-electron chi connectivity index (χ2n) is 5.17. The van der Waals surface area contributed by atoms with Gasteiger partial charge in [0.2, 0.25) is 0 Å². The third-order valence-electron chi connectivity index (χ3n) is 3.72. The number of carbonyl (C=O) groups is 1. The van der Waals surface area contributed by atoms with E-state index >= 15 is 0 Å². The molecule has 4 heteroatoms. The molecule has 1 saturated heterocycles. The van der Waals surface area contributed by atoms with Gasteiger partial charge in [0.25, 0.3) is 0 Å². The van der Waals surface area contributed by atoms with Crippen molar-refractivity contribution in [2.24, 2.45) is 0 Å². The van der Waals surface area contributed by atoms with E-state index in [0.29, 0.717) is 6.61 Å². The number of rotatable bonds is 5. The van der Waals surface area contributed by atoms with Gasteiger partial charge in [-0.15, -0.1) is 0 Å². The Balaban J connectivity index is 1.72. The van der Waals surface area contributed by atoms with Crippen molar-refractivity contribution < 1.29 is 9.53 Å². The number of likely N-dealkylation sites (tertiary alicyclic amines) is 1. The number of piperidine rings is 1. The van der Waals surface area contributed by atoms with Crippen LogP contribution in [0.5, 0.6) is 0 Å². The van der Waals surface area contributed by atoms with Crippen LogP contribution in [0.1, 0.15) is 31.7 Å². The minimum Gasteiger partial charge on any atom is -0.448 e. The molecular weight excluding hydrogens is 252 g/mol. The van der Waals surface area contributed by atoms with E-state index in [1.807, 2.05) is 24.3 Å². The number of benzene rings is 1. The molecule has 1 N–H and O–H groups in total. The van der Waals surface area contributed by atoms with Gasteiger partial charge in [-0.1, -0.05) is 31.5 Å². The number of para-hydroxylation sites is 1. The molecule has 1 amide bonds. The molecule has 1 aromatic carbocycles. The van der Waals surface area contributed by atoms with Crippen LogP contribution < -0.4 is 5.32 Å². The fourth-order valence-electron chi connectivity index (χ4n) is 2.55. The van der Waals surface area contributed by atoms with E-state index in [-0.39, 0.29) is 6.09 Å². The van der Waals surface area contributed by atoms with Crippen LogP contribution in [0.2, 0.25) is 0 Å². The molecule has 20 heavy (non-hydrogen) atoms. The highest BCUT2D eigenvalue weighted by molar-refractivity contribution is 5.85. The van der Waals surface area contributed by atoms with E-state index in [9.17, 15) is 4.79 Å². The average Bonchev–Trinajstić information content (AvgIpc) is 2.49. The SMILES string of the molecule is CCc1ccccc1NC(=O)OCCN1CCCCC1. The molecule has 2 rings (SSSR count). The summed E-state index contributed by atoms with van der Waals surface area (Å²) in [6.07, 6.45) is 4.38. The zero-order valence-electron chi connectivity index (χ0n) is 12.2. The number of nitrogens with zero attached hydrogens (tertiary/aromatic N) is 1. The first kappa shape index (κ1) is 14.9. The first-order valence-electron chi connectivity index (χ1n) is 7.53. The molecule has 0 unspecified atom stereocenters. The summed E-state index contributed by atoms with van der Waals surface area (Å²) in [5.74, 6) is 0. The highest BCUT2D eigenvalue weighted by atomic mass is 16.5. The van der Waals surface area contributed by atoms with Crippen molar-refractivity contribution >= 4 is 11.8 Å². The normalized spacial score (nSPS) is 15.8. The third kappa shape index (κ3) is 4.53. The molecule has 0 bridgehead atoms. The Morgan fingerprint density at radius 1 is 1.25 bits per heavy atom. The van der Waals surface area contributed by atoms with Crippen LogP contribution in [0.4, 0.5) is 10.5 Å². The average molecular weight is 276 g/mol. The van der Waals surface area contributed by atoms with Gasteiger partial charge in [0.1, 0.15) is 6.61 Å². The Hall–Kier alpha value is -1.55. The first-order valence-corrected chi connectivity index (χ1v) is 7.53. The molecule has 0 spiro atoms. The van der Waals surface area contributed by atoms with Crippen LogP contribution in [0.3, 0.4) is 0 Å². The summed E-state index contributed by atoms with van der Waals surface area (Å²) >= 11 is 0. The van der Waals surface area contributed by atoms with Crippen molar-refractivity contribution in [2.75, 3.05) is 31.6 Å².